The summed E-state index contributed by atoms with van der Waals surface area (Å²) in [6, 6.07) is 9.74. The van der Waals surface area contributed by atoms with Crippen LogP contribution in [0.5, 0.6) is 0 Å². The maximum atomic E-state index is 13.9. The van der Waals surface area contributed by atoms with Gasteiger partial charge in [0.2, 0.25) is 0 Å². The zero-order valence-electron chi connectivity index (χ0n) is 19.6. The standard InChI is InChI=1S/C27H32FN5/c1-5-13-30-26(22-15-23(28)18-29-16-22)19-33(27(7-3)20(4)6-2)32-14-12-21-17-31-25-11-9-8-10-24(21)25/h5,7-11,13,15-20,31-32H,1,6,12,14H2,2-4H3/b26-19-,27-7-,30-13?. The van der Waals surface area contributed by atoms with Gasteiger partial charge in [0.05, 0.1) is 11.9 Å². The fourth-order valence-electron chi connectivity index (χ4n) is 3.72. The lowest BCUT2D eigenvalue weighted by molar-refractivity contribution is 0.301. The molecule has 2 N–H and O–H groups in total. The maximum Gasteiger partial charge on any atom is 0.142 e. The Hall–Kier alpha value is -3.51. The van der Waals surface area contributed by atoms with Crippen LogP contribution in [0.1, 0.15) is 38.3 Å². The molecule has 1 aromatic carbocycles. The number of halogens is 1. The van der Waals surface area contributed by atoms with E-state index in [-0.39, 0.29) is 0 Å². The average molecular weight is 446 g/mol. The van der Waals surface area contributed by atoms with Gasteiger partial charge in [0, 0.05) is 53.5 Å². The summed E-state index contributed by atoms with van der Waals surface area (Å²) in [6.45, 7) is 10.8. The normalized spacial score (nSPS) is 13.6. The first kappa shape index (κ1) is 24.1. The molecular formula is C27H32FN5. The van der Waals surface area contributed by atoms with Crippen LogP contribution in [-0.2, 0) is 6.42 Å². The SMILES string of the molecule is C=CC=N/C(=C\N(NCCc1c[nH]c2ccccc12)/C(=C\C)C(C)CC)c1cncc(F)c1. The van der Waals surface area contributed by atoms with E-state index in [1.165, 1.54) is 23.2 Å². The van der Waals surface area contributed by atoms with E-state index in [0.717, 1.165) is 24.1 Å². The molecule has 0 aliphatic heterocycles. The number of hydrogen-bond donors (Lipinski definition) is 2. The van der Waals surface area contributed by atoms with Gasteiger partial charge in [-0.1, -0.05) is 50.8 Å². The molecular weight excluding hydrogens is 413 g/mol. The monoisotopic (exact) mass is 445 g/mol. The number of benzene rings is 1. The van der Waals surface area contributed by atoms with Crippen LogP contribution in [0.3, 0.4) is 0 Å². The molecule has 0 amide bonds. The molecule has 33 heavy (non-hydrogen) atoms. The lowest BCUT2D eigenvalue weighted by atomic mass is 10.0. The van der Waals surface area contributed by atoms with Crippen molar-refractivity contribution < 1.29 is 4.39 Å². The van der Waals surface area contributed by atoms with Gasteiger partial charge in [-0.05, 0) is 43.4 Å². The number of nitrogens with zero attached hydrogens (tertiary/aromatic N) is 3. The number of para-hydroxylation sites is 1. The highest BCUT2D eigenvalue weighted by atomic mass is 19.1. The third kappa shape index (κ3) is 6.26. The Balaban J connectivity index is 1.90. The van der Waals surface area contributed by atoms with Crippen molar-refractivity contribution in [2.24, 2.45) is 10.9 Å². The number of aromatic amines is 1. The summed E-state index contributed by atoms with van der Waals surface area (Å²) in [4.78, 5) is 11.8. The van der Waals surface area contributed by atoms with E-state index in [9.17, 15) is 4.39 Å². The largest absolute Gasteiger partial charge is 0.361 e. The molecule has 0 radical (unpaired) electrons. The number of hydrogen-bond acceptors (Lipinski definition) is 4. The first-order valence-electron chi connectivity index (χ1n) is 11.3. The van der Waals surface area contributed by atoms with E-state index in [1.807, 2.05) is 24.2 Å². The number of nitrogens with one attached hydrogen (secondary N) is 2. The quantitative estimate of drug-likeness (QED) is 0.271. The summed E-state index contributed by atoms with van der Waals surface area (Å²) in [7, 11) is 0. The molecule has 5 nitrogen and oxygen atoms in total. The number of fused-ring (bicyclic) bond motifs is 1. The number of allylic oxidation sites excluding steroid dienone is 3. The second-order valence-corrected chi connectivity index (χ2v) is 7.83. The van der Waals surface area contributed by atoms with Gasteiger partial charge in [-0.15, -0.1) is 0 Å². The van der Waals surface area contributed by atoms with Gasteiger partial charge in [0.1, 0.15) is 5.82 Å². The highest BCUT2D eigenvalue weighted by molar-refractivity contribution is 5.83. The van der Waals surface area contributed by atoms with Crippen LogP contribution in [0, 0.1) is 11.7 Å². The molecule has 172 valence electrons. The number of hydrazine groups is 1. The Bertz CT molecular complexity index is 1160. The molecule has 2 aromatic heterocycles. The van der Waals surface area contributed by atoms with E-state index in [2.05, 4.69) is 71.3 Å². The summed E-state index contributed by atoms with van der Waals surface area (Å²) in [6.07, 6.45) is 13.9. The summed E-state index contributed by atoms with van der Waals surface area (Å²) in [5, 5.41) is 3.24. The lowest BCUT2D eigenvalue weighted by Crippen LogP contribution is -2.36. The third-order valence-electron chi connectivity index (χ3n) is 5.61. The van der Waals surface area contributed by atoms with Crippen molar-refractivity contribution in [3.8, 4) is 0 Å². The Labute approximate surface area is 195 Å². The zero-order chi connectivity index (χ0) is 23.6. The number of rotatable bonds is 11. The van der Waals surface area contributed by atoms with Crippen molar-refractivity contribution in [3.63, 3.8) is 0 Å². The number of pyridine rings is 1. The molecule has 6 heteroatoms. The van der Waals surface area contributed by atoms with Crippen LogP contribution in [0.25, 0.3) is 16.6 Å². The summed E-state index contributed by atoms with van der Waals surface area (Å²) in [5.41, 5.74) is 8.23. The topological polar surface area (TPSA) is 56.3 Å². The van der Waals surface area contributed by atoms with Crippen LogP contribution in [0.2, 0.25) is 0 Å². The summed E-state index contributed by atoms with van der Waals surface area (Å²) in [5.74, 6) is -0.0821. The van der Waals surface area contributed by atoms with Crippen molar-refractivity contribution in [1.29, 1.82) is 0 Å². The van der Waals surface area contributed by atoms with E-state index < -0.39 is 5.82 Å². The van der Waals surface area contributed by atoms with E-state index in [4.69, 9.17) is 0 Å². The minimum Gasteiger partial charge on any atom is -0.361 e. The van der Waals surface area contributed by atoms with Crippen molar-refractivity contribution >= 4 is 22.8 Å². The van der Waals surface area contributed by atoms with Crippen LogP contribution >= 0.6 is 0 Å². The highest BCUT2D eigenvalue weighted by Crippen LogP contribution is 2.23. The highest BCUT2D eigenvalue weighted by Gasteiger charge is 2.15. The Morgan fingerprint density at radius 3 is 2.88 bits per heavy atom. The van der Waals surface area contributed by atoms with Crippen molar-refractivity contribution in [3.05, 3.63) is 96.5 Å². The molecule has 2 heterocycles. The van der Waals surface area contributed by atoms with Gasteiger partial charge in [0.15, 0.2) is 0 Å². The predicted octanol–water partition coefficient (Wildman–Crippen LogP) is 6.26. The Kier molecular flexibility index (Phi) is 8.72. The molecule has 1 unspecified atom stereocenters. The van der Waals surface area contributed by atoms with Crippen LogP contribution in [0.4, 0.5) is 4.39 Å². The molecule has 0 aliphatic rings. The van der Waals surface area contributed by atoms with Gasteiger partial charge in [-0.2, -0.15) is 0 Å². The molecule has 0 bridgehead atoms. The molecule has 1 atom stereocenters. The van der Waals surface area contributed by atoms with Crippen LogP contribution in [0.15, 0.2) is 84.5 Å². The molecule has 0 fully saturated rings. The van der Waals surface area contributed by atoms with E-state index in [1.54, 1.807) is 18.5 Å². The first-order chi connectivity index (χ1) is 16.1. The molecule has 3 rings (SSSR count). The molecule has 0 saturated heterocycles. The van der Waals surface area contributed by atoms with Gasteiger partial charge >= 0.3 is 0 Å². The van der Waals surface area contributed by atoms with Crippen molar-refractivity contribution in [2.45, 2.75) is 33.6 Å². The van der Waals surface area contributed by atoms with Crippen molar-refractivity contribution in [1.82, 2.24) is 20.4 Å². The van der Waals surface area contributed by atoms with Crippen LogP contribution < -0.4 is 5.43 Å². The lowest BCUT2D eigenvalue weighted by Gasteiger charge is -2.29. The smallest absolute Gasteiger partial charge is 0.142 e. The maximum absolute atomic E-state index is 13.9. The van der Waals surface area contributed by atoms with Gasteiger partial charge in [-0.3, -0.25) is 15.0 Å². The minimum atomic E-state index is -0.403. The minimum absolute atomic E-state index is 0.321. The first-order valence-corrected chi connectivity index (χ1v) is 11.3. The zero-order valence-corrected chi connectivity index (χ0v) is 19.6. The fraction of sp³-hybridized carbons (Fsp3) is 0.259. The van der Waals surface area contributed by atoms with E-state index in [0.29, 0.717) is 23.7 Å². The number of aromatic nitrogens is 2. The van der Waals surface area contributed by atoms with Gasteiger partial charge < -0.3 is 4.98 Å². The second kappa shape index (κ2) is 11.9. The molecule has 0 saturated carbocycles. The Morgan fingerprint density at radius 1 is 1.33 bits per heavy atom. The molecule has 0 aliphatic carbocycles. The van der Waals surface area contributed by atoms with Crippen LogP contribution in [-0.4, -0.2) is 27.7 Å². The number of H-pyrrole nitrogens is 1. The van der Waals surface area contributed by atoms with E-state index >= 15 is 0 Å². The van der Waals surface area contributed by atoms with Gasteiger partial charge in [0.25, 0.3) is 0 Å². The molecule has 0 spiro atoms. The summed E-state index contributed by atoms with van der Waals surface area (Å²) >= 11 is 0. The predicted molar refractivity (Wildman–Crippen MR) is 136 cm³/mol. The Morgan fingerprint density at radius 2 is 2.15 bits per heavy atom. The van der Waals surface area contributed by atoms with Crippen molar-refractivity contribution in [2.75, 3.05) is 6.54 Å². The molecule has 3 aromatic rings. The van der Waals surface area contributed by atoms with Gasteiger partial charge in [-0.25, -0.2) is 9.82 Å². The fourth-order valence-corrected chi connectivity index (χ4v) is 3.72. The number of aliphatic imine (C=N–C) groups is 1. The average Bonchev–Trinajstić information content (AvgIpc) is 3.24. The summed E-state index contributed by atoms with van der Waals surface area (Å²) < 4.78 is 13.9. The third-order valence-corrected chi connectivity index (χ3v) is 5.61. The second-order valence-electron chi connectivity index (χ2n) is 7.83.